The smallest absolute Gasteiger partial charge is 0.267 e. The summed E-state index contributed by atoms with van der Waals surface area (Å²) in [6, 6.07) is 10.2. The van der Waals surface area contributed by atoms with Gasteiger partial charge in [0.2, 0.25) is 5.91 Å². The highest BCUT2D eigenvalue weighted by Gasteiger charge is 2.34. The molecular weight excluding hydrogens is 428 g/mol. The van der Waals surface area contributed by atoms with Crippen molar-refractivity contribution in [2.24, 2.45) is 0 Å². The Morgan fingerprint density at radius 2 is 1.83 bits per heavy atom. The van der Waals surface area contributed by atoms with Gasteiger partial charge in [0.15, 0.2) is 9.84 Å². The summed E-state index contributed by atoms with van der Waals surface area (Å²) in [5.41, 5.74) is 0.870. The molecule has 0 bridgehead atoms. The van der Waals surface area contributed by atoms with Gasteiger partial charge in [-0.1, -0.05) is 29.8 Å². The van der Waals surface area contributed by atoms with Gasteiger partial charge >= 0.3 is 0 Å². The Bertz CT molecular complexity index is 1110. The molecule has 1 atom stereocenters. The van der Waals surface area contributed by atoms with Crippen molar-refractivity contribution in [3.05, 3.63) is 51.8 Å². The van der Waals surface area contributed by atoms with Crippen LogP contribution in [0.25, 0.3) is 11.3 Å². The molecule has 160 valence electrons. The fourth-order valence-electron chi connectivity index (χ4n) is 4.00. The van der Waals surface area contributed by atoms with E-state index >= 15 is 0 Å². The van der Waals surface area contributed by atoms with Crippen LogP contribution in [-0.2, 0) is 21.2 Å². The summed E-state index contributed by atoms with van der Waals surface area (Å²) in [6.45, 7) is 2.14. The SMILES string of the molecule is O=C(Cn1nc(-c2ccccc2Cl)ccc1=O)N1CCN([C@@H]2CCS(=O)(=O)C2)CC1. The quantitative estimate of drug-likeness (QED) is 0.687. The molecule has 1 aromatic heterocycles. The zero-order valence-corrected chi connectivity index (χ0v) is 18.0. The molecule has 4 rings (SSSR count). The molecule has 2 aliphatic heterocycles. The van der Waals surface area contributed by atoms with Gasteiger partial charge in [-0.05, 0) is 18.6 Å². The molecule has 0 aliphatic carbocycles. The van der Waals surface area contributed by atoms with Crippen LogP contribution in [0, 0.1) is 0 Å². The molecule has 0 spiro atoms. The number of piperazine rings is 1. The lowest BCUT2D eigenvalue weighted by Crippen LogP contribution is -2.53. The first-order valence-electron chi connectivity index (χ1n) is 9.88. The standard InChI is InChI=1S/C20H23ClN4O4S/c21-17-4-2-1-3-16(17)18-5-6-19(26)25(22-18)13-20(27)24-10-8-23(9-11-24)15-7-12-30(28,29)14-15/h1-6,15H,7-14H2/t15-/m1/s1. The van der Waals surface area contributed by atoms with Crippen LogP contribution >= 0.6 is 11.6 Å². The third kappa shape index (κ3) is 4.58. The first-order chi connectivity index (χ1) is 14.3. The number of hydrogen-bond donors (Lipinski definition) is 0. The maximum atomic E-state index is 12.8. The number of rotatable bonds is 4. The summed E-state index contributed by atoms with van der Waals surface area (Å²) in [6.07, 6.45) is 0.657. The Balaban J connectivity index is 1.41. The number of aromatic nitrogens is 2. The molecule has 0 radical (unpaired) electrons. The van der Waals surface area contributed by atoms with Crippen molar-refractivity contribution in [1.82, 2.24) is 19.6 Å². The monoisotopic (exact) mass is 450 g/mol. The Morgan fingerprint density at radius 1 is 1.10 bits per heavy atom. The van der Waals surface area contributed by atoms with E-state index < -0.39 is 9.84 Å². The van der Waals surface area contributed by atoms with E-state index in [4.69, 9.17) is 11.6 Å². The van der Waals surface area contributed by atoms with E-state index in [0.717, 1.165) is 4.68 Å². The number of benzene rings is 1. The summed E-state index contributed by atoms with van der Waals surface area (Å²) >= 11 is 6.22. The second-order valence-corrected chi connectivity index (χ2v) is 10.3. The van der Waals surface area contributed by atoms with E-state index in [0.29, 0.717) is 48.9 Å². The highest BCUT2D eigenvalue weighted by atomic mass is 35.5. The van der Waals surface area contributed by atoms with Gasteiger partial charge in [0.25, 0.3) is 5.56 Å². The number of sulfone groups is 1. The largest absolute Gasteiger partial charge is 0.339 e. The molecule has 0 N–H and O–H groups in total. The minimum Gasteiger partial charge on any atom is -0.339 e. The van der Waals surface area contributed by atoms with Gasteiger partial charge in [-0.15, -0.1) is 0 Å². The van der Waals surface area contributed by atoms with Gasteiger partial charge in [-0.2, -0.15) is 5.10 Å². The number of hydrogen-bond acceptors (Lipinski definition) is 6. The summed E-state index contributed by atoms with van der Waals surface area (Å²) in [4.78, 5) is 28.8. The molecule has 30 heavy (non-hydrogen) atoms. The third-order valence-electron chi connectivity index (χ3n) is 5.69. The van der Waals surface area contributed by atoms with Crippen LogP contribution in [0.5, 0.6) is 0 Å². The van der Waals surface area contributed by atoms with Crippen molar-refractivity contribution in [3.63, 3.8) is 0 Å². The summed E-state index contributed by atoms with van der Waals surface area (Å²) in [5.74, 6) is 0.266. The Labute approximate surface area is 180 Å². The minimum atomic E-state index is -2.93. The minimum absolute atomic E-state index is 0.0452. The van der Waals surface area contributed by atoms with Gasteiger partial charge < -0.3 is 4.90 Å². The van der Waals surface area contributed by atoms with Crippen LogP contribution in [0.2, 0.25) is 5.02 Å². The molecule has 2 saturated heterocycles. The second kappa shape index (κ2) is 8.49. The van der Waals surface area contributed by atoms with Crippen molar-refractivity contribution >= 4 is 27.3 Å². The molecule has 2 fully saturated rings. The fourth-order valence-corrected chi connectivity index (χ4v) is 6.00. The van der Waals surface area contributed by atoms with Crippen molar-refractivity contribution < 1.29 is 13.2 Å². The van der Waals surface area contributed by atoms with E-state index in [1.54, 1.807) is 17.0 Å². The van der Waals surface area contributed by atoms with Gasteiger partial charge in [0.1, 0.15) is 6.54 Å². The Hall–Kier alpha value is -2.23. The normalized spacial score (nSPS) is 21.6. The maximum Gasteiger partial charge on any atom is 0.267 e. The topological polar surface area (TPSA) is 92.6 Å². The molecular formula is C20H23ClN4O4S. The lowest BCUT2D eigenvalue weighted by Gasteiger charge is -2.37. The molecule has 3 heterocycles. The summed E-state index contributed by atoms with van der Waals surface area (Å²) in [5, 5.41) is 4.85. The van der Waals surface area contributed by atoms with Crippen LogP contribution in [0.1, 0.15) is 6.42 Å². The first kappa shape index (κ1) is 21.0. The molecule has 0 unspecified atom stereocenters. The van der Waals surface area contributed by atoms with Gasteiger partial charge in [-0.25, -0.2) is 13.1 Å². The Kier molecular flexibility index (Phi) is 5.95. The fraction of sp³-hybridized carbons (Fsp3) is 0.450. The van der Waals surface area contributed by atoms with Crippen LogP contribution in [0.3, 0.4) is 0 Å². The maximum absolute atomic E-state index is 12.8. The van der Waals surface area contributed by atoms with E-state index in [1.165, 1.54) is 6.07 Å². The molecule has 2 aliphatic rings. The first-order valence-corrected chi connectivity index (χ1v) is 12.1. The van der Waals surface area contributed by atoms with Gasteiger partial charge in [-0.3, -0.25) is 14.5 Å². The molecule has 1 aromatic carbocycles. The van der Waals surface area contributed by atoms with Crippen molar-refractivity contribution in [1.29, 1.82) is 0 Å². The van der Waals surface area contributed by atoms with Crippen LogP contribution in [0.4, 0.5) is 0 Å². The number of amides is 1. The van der Waals surface area contributed by atoms with E-state index in [9.17, 15) is 18.0 Å². The number of carbonyl (C=O) groups excluding carboxylic acids is 1. The highest BCUT2D eigenvalue weighted by molar-refractivity contribution is 7.91. The number of carbonyl (C=O) groups is 1. The zero-order chi connectivity index (χ0) is 21.3. The number of halogens is 1. The third-order valence-corrected chi connectivity index (χ3v) is 7.77. The number of nitrogens with zero attached hydrogens (tertiary/aromatic N) is 4. The van der Waals surface area contributed by atoms with Crippen molar-refractivity contribution in [2.75, 3.05) is 37.7 Å². The van der Waals surface area contributed by atoms with Gasteiger partial charge in [0, 0.05) is 43.9 Å². The van der Waals surface area contributed by atoms with Crippen LogP contribution in [0.15, 0.2) is 41.2 Å². The molecule has 0 saturated carbocycles. The predicted octanol–water partition coefficient (Wildman–Crippen LogP) is 0.895. The molecule has 8 nitrogen and oxygen atoms in total. The zero-order valence-electron chi connectivity index (χ0n) is 16.4. The van der Waals surface area contributed by atoms with E-state index in [2.05, 4.69) is 10.00 Å². The average Bonchev–Trinajstić information content (AvgIpc) is 3.10. The lowest BCUT2D eigenvalue weighted by molar-refractivity contribution is -0.134. The molecule has 1 amide bonds. The average molecular weight is 451 g/mol. The lowest BCUT2D eigenvalue weighted by atomic mass is 10.1. The van der Waals surface area contributed by atoms with Crippen molar-refractivity contribution in [2.45, 2.75) is 19.0 Å². The van der Waals surface area contributed by atoms with Crippen LogP contribution < -0.4 is 5.56 Å². The summed E-state index contributed by atoms with van der Waals surface area (Å²) < 4.78 is 24.6. The second-order valence-electron chi connectivity index (χ2n) is 7.67. The molecule has 10 heteroatoms. The Morgan fingerprint density at radius 3 is 2.50 bits per heavy atom. The highest BCUT2D eigenvalue weighted by Crippen LogP contribution is 2.25. The van der Waals surface area contributed by atoms with Gasteiger partial charge in [0.05, 0.1) is 22.2 Å². The summed E-state index contributed by atoms with van der Waals surface area (Å²) in [7, 11) is -2.93. The predicted molar refractivity (Wildman–Crippen MR) is 114 cm³/mol. The van der Waals surface area contributed by atoms with E-state index in [-0.39, 0.29) is 35.6 Å². The van der Waals surface area contributed by atoms with E-state index in [1.807, 2.05) is 18.2 Å². The van der Waals surface area contributed by atoms with Crippen LogP contribution in [-0.4, -0.2) is 77.6 Å². The molecule has 2 aromatic rings. The van der Waals surface area contributed by atoms with Crippen molar-refractivity contribution in [3.8, 4) is 11.3 Å².